The number of hydrogen-bond acceptors (Lipinski definition) is 2. The molecule has 2 nitrogen and oxygen atoms in total. The molecular formula is C23H45O2-. The maximum atomic E-state index is 10.3. The van der Waals surface area contributed by atoms with Crippen molar-refractivity contribution in [2.45, 2.75) is 142 Å². The Morgan fingerprint density at radius 2 is 0.720 bits per heavy atom. The lowest BCUT2D eigenvalue weighted by atomic mass is 10.0. The predicted octanol–water partition coefficient (Wildman–Crippen LogP) is 6.95. The highest BCUT2D eigenvalue weighted by atomic mass is 16.4. The van der Waals surface area contributed by atoms with Crippen LogP contribution >= 0.6 is 0 Å². The van der Waals surface area contributed by atoms with Crippen LogP contribution in [0.25, 0.3) is 0 Å². The largest absolute Gasteiger partial charge is 0.550 e. The molecule has 150 valence electrons. The van der Waals surface area contributed by atoms with Gasteiger partial charge in [-0.25, -0.2) is 0 Å². The summed E-state index contributed by atoms with van der Waals surface area (Å²) >= 11 is 0. The molecule has 0 saturated carbocycles. The van der Waals surface area contributed by atoms with Crippen molar-refractivity contribution in [1.82, 2.24) is 0 Å². The molecule has 0 aliphatic rings. The zero-order valence-corrected chi connectivity index (χ0v) is 17.2. The number of carboxylic acids is 1. The molecule has 0 amide bonds. The molecule has 2 heteroatoms. The maximum absolute atomic E-state index is 10.3. The zero-order chi connectivity index (χ0) is 18.4. The highest BCUT2D eigenvalue weighted by Gasteiger charge is 1.95. The Balaban J connectivity index is 2.97. The molecule has 0 aromatic rings. The summed E-state index contributed by atoms with van der Waals surface area (Å²) in [7, 11) is 0. The molecule has 0 aromatic carbocycles. The molecule has 0 aliphatic heterocycles. The third-order valence-corrected chi connectivity index (χ3v) is 5.23. The lowest BCUT2D eigenvalue weighted by Gasteiger charge is -2.04. The van der Waals surface area contributed by atoms with Gasteiger partial charge in [0, 0.05) is 5.97 Å². The maximum Gasteiger partial charge on any atom is 0.0414 e. The molecule has 0 atom stereocenters. The Morgan fingerprint density at radius 1 is 0.480 bits per heavy atom. The van der Waals surface area contributed by atoms with Gasteiger partial charge in [-0.2, -0.15) is 0 Å². The fraction of sp³-hybridized carbons (Fsp3) is 0.957. The Bertz CT molecular complexity index is 263. The van der Waals surface area contributed by atoms with Gasteiger partial charge in [-0.05, 0) is 12.8 Å². The van der Waals surface area contributed by atoms with Gasteiger partial charge in [0.15, 0.2) is 0 Å². The first-order valence-corrected chi connectivity index (χ1v) is 11.5. The van der Waals surface area contributed by atoms with Crippen molar-refractivity contribution in [3.05, 3.63) is 0 Å². The van der Waals surface area contributed by atoms with Crippen LogP contribution in [0.5, 0.6) is 0 Å². The summed E-state index contributed by atoms with van der Waals surface area (Å²) in [6, 6.07) is 0. The first-order chi connectivity index (χ1) is 12.3. The van der Waals surface area contributed by atoms with Crippen LogP contribution in [0.3, 0.4) is 0 Å². The molecule has 0 fully saturated rings. The van der Waals surface area contributed by atoms with E-state index < -0.39 is 5.97 Å². The number of carbonyl (C=O) groups excluding carboxylic acids is 1. The monoisotopic (exact) mass is 353 g/mol. The number of unbranched alkanes of at least 4 members (excludes halogenated alkanes) is 19. The summed E-state index contributed by atoms with van der Waals surface area (Å²) in [4.78, 5) is 10.3. The first-order valence-electron chi connectivity index (χ1n) is 11.5. The third kappa shape index (κ3) is 23.5. The standard InChI is InChI=1S/C23H46O2/c1-2-3-4-5-6-7-8-9-10-11-12-13-14-15-16-17-18-19-20-21-22-23(24)25/h2-22H2,1H3,(H,24,25)/p-1. The second-order valence-corrected chi connectivity index (χ2v) is 7.84. The summed E-state index contributed by atoms with van der Waals surface area (Å²) in [6.45, 7) is 2.28. The molecule has 0 spiro atoms. The van der Waals surface area contributed by atoms with Gasteiger partial charge in [0.2, 0.25) is 0 Å². The first kappa shape index (κ1) is 24.5. The third-order valence-electron chi connectivity index (χ3n) is 5.23. The van der Waals surface area contributed by atoms with Gasteiger partial charge in [-0.15, -0.1) is 0 Å². The smallest absolute Gasteiger partial charge is 0.0414 e. The molecule has 0 N–H and O–H groups in total. The number of aliphatic carboxylic acids is 1. The zero-order valence-electron chi connectivity index (χ0n) is 17.2. The van der Waals surface area contributed by atoms with Crippen molar-refractivity contribution in [3.63, 3.8) is 0 Å². The average molecular weight is 354 g/mol. The second kappa shape index (κ2) is 21.5. The highest BCUT2D eigenvalue weighted by molar-refractivity contribution is 5.63. The van der Waals surface area contributed by atoms with E-state index in [1.54, 1.807) is 0 Å². The molecule has 0 heterocycles. The van der Waals surface area contributed by atoms with E-state index in [9.17, 15) is 9.90 Å². The van der Waals surface area contributed by atoms with Crippen LogP contribution in [0.2, 0.25) is 0 Å². The lowest BCUT2D eigenvalue weighted by Crippen LogP contribution is -2.21. The van der Waals surface area contributed by atoms with Gasteiger partial charge < -0.3 is 9.90 Å². The molecular weight excluding hydrogens is 308 g/mol. The van der Waals surface area contributed by atoms with E-state index in [0.29, 0.717) is 0 Å². The summed E-state index contributed by atoms with van der Waals surface area (Å²) in [5.74, 6) is -0.901. The normalized spacial score (nSPS) is 11.1. The van der Waals surface area contributed by atoms with Gasteiger partial charge in [-0.1, -0.05) is 129 Å². The SMILES string of the molecule is CCCCCCCCCCCCCCCCCCCCCCC(=O)[O-]. The highest BCUT2D eigenvalue weighted by Crippen LogP contribution is 2.14. The average Bonchev–Trinajstić information content (AvgIpc) is 2.60. The van der Waals surface area contributed by atoms with Crippen molar-refractivity contribution < 1.29 is 9.90 Å². The fourth-order valence-electron chi connectivity index (χ4n) is 3.52. The molecule has 0 unspecified atom stereocenters. The Kier molecular flexibility index (Phi) is 21.1. The van der Waals surface area contributed by atoms with Crippen molar-refractivity contribution in [2.24, 2.45) is 0 Å². The second-order valence-electron chi connectivity index (χ2n) is 7.84. The Labute approximate surface area is 158 Å². The Hall–Kier alpha value is -0.530. The minimum absolute atomic E-state index is 0.235. The van der Waals surface area contributed by atoms with E-state index in [0.717, 1.165) is 12.8 Å². The van der Waals surface area contributed by atoms with Crippen LogP contribution in [-0.4, -0.2) is 5.97 Å². The van der Waals surface area contributed by atoms with Gasteiger partial charge >= 0.3 is 0 Å². The lowest BCUT2D eigenvalue weighted by molar-refractivity contribution is -0.305. The minimum Gasteiger partial charge on any atom is -0.550 e. The van der Waals surface area contributed by atoms with Crippen LogP contribution in [0.4, 0.5) is 0 Å². The van der Waals surface area contributed by atoms with E-state index in [4.69, 9.17) is 0 Å². The molecule has 0 radical (unpaired) electrons. The summed E-state index contributed by atoms with van der Waals surface area (Å²) in [5, 5.41) is 10.3. The van der Waals surface area contributed by atoms with Gasteiger partial charge in [0.05, 0.1) is 0 Å². The van der Waals surface area contributed by atoms with Crippen LogP contribution in [0.1, 0.15) is 142 Å². The predicted molar refractivity (Wildman–Crippen MR) is 108 cm³/mol. The fourth-order valence-corrected chi connectivity index (χ4v) is 3.52. The van der Waals surface area contributed by atoms with Crippen molar-refractivity contribution in [3.8, 4) is 0 Å². The van der Waals surface area contributed by atoms with E-state index >= 15 is 0 Å². The summed E-state index contributed by atoms with van der Waals surface area (Å²) in [6.07, 6.45) is 27.2. The van der Waals surface area contributed by atoms with Crippen molar-refractivity contribution >= 4 is 5.97 Å². The minimum atomic E-state index is -0.901. The van der Waals surface area contributed by atoms with Gasteiger partial charge in [0.25, 0.3) is 0 Å². The quantitative estimate of drug-likeness (QED) is 0.209. The van der Waals surface area contributed by atoms with Crippen LogP contribution in [0, 0.1) is 0 Å². The van der Waals surface area contributed by atoms with Gasteiger partial charge in [0.1, 0.15) is 0 Å². The van der Waals surface area contributed by atoms with E-state index in [-0.39, 0.29) is 6.42 Å². The van der Waals surface area contributed by atoms with Crippen molar-refractivity contribution in [2.75, 3.05) is 0 Å². The topological polar surface area (TPSA) is 40.1 Å². The van der Waals surface area contributed by atoms with Crippen molar-refractivity contribution in [1.29, 1.82) is 0 Å². The molecule has 0 aromatic heterocycles. The molecule has 0 saturated heterocycles. The van der Waals surface area contributed by atoms with Crippen LogP contribution in [0.15, 0.2) is 0 Å². The molecule has 0 bridgehead atoms. The van der Waals surface area contributed by atoms with Crippen LogP contribution < -0.4 is 5.11 Å². The number of rotatable bonds is 21. The number of carbonyl (C=O) groups is 1. The molecule has 25 heavy (non-hydrogen) atoms. The number of carboxylic acid groups (broad SMARTS) is 1. The molecule has 0 rings (SSSR count). The number of hydrogen-bond donors (Lipinski definition) is 0. The summed E-state index contributed by atoms with van der Waals surface area (Å²) < 4.78 is 0. The van der Waals surface area contributed by atoms with Crippen LogP contribution in [-0.2, 0) is 4.79 Å². The van der Waals surface area contributed by atoms with E-state index in [2.05, 4.69) is 6.92 Å². The summed E-state index contributed by atoms with van der Waals surface area (Å²) in [5.41, 5.74) is 0. The van der Waals surface area contributed by atoms with E-state index in [1.165, 1.54) is 116 Å². The molecule has 0 aliphatic carbocycles. The van der Waals surface area contributed by atoms with E-state index in [1.807, 2.05) is 0 Å². The van der Waals surface area contributed by atoms with Gasteiger partial charge in [-0.3, -0.25) is 0 Å². The Morgan fingerprint density at radius 3 is 0.960 bits per heavy atom.